The molecular weight excluding hydrogens is 324 g/mol. The Morgan fingerprint density at radius 2 is 2.12 bits per heavy atom. The third kappa shape index (κ3) is 4.77. The molecule has 1 aromatic rings. The Labute approximate surface area is 158 Å². The van der Waals surface area contributed by atoms with Crippen LogP contribution in [0.5, 0.6) is 0 Å². The Balaban J connectivity index is 1.55. The molecule has 0 radical (unpaired) electrons. The van der Waals surface area contributed by atoms with Crippen molar-refractivity contribution in [2.24, 2.45) is 4.99 Å². The highest BCUT2D eigenvalue weighted by Gasteiger charge is 2.30. The van der Waals surface area contributed by atoms with Crippen molar-refractivity contribution in [3.05, 3.63) is 35.4 Å². The van der Waals surface area contributed by atoms with E-state index in [-0.39, 0.29) is 6.10 Å². The average molecular weight is 359 g/mol. The van der Waals surface area contributed by atoms with Crippen LogP contribution in [0.1, 0.15) is 43.9 Å². The predicted molar refractivity (Wildman–Crippen MR) is 108 cm³/mol. The van der Waals surface area contributed by atoms with Gasteiger partial charge in [-0.05, 0) is 44.7 Å². The monoisotopic (exact) mass is 358 g/mol. The van der Waals surface area contributed by atoms with Gasteiger partial charge in [-0.1, -0.05) is 24.3 Å². The second kappa shape index (κ2) is 8.87. The minimum atomic E-state index is 0.113. The van der Waals surface area contributed by atoms with Gasteiger partial charge < -0.3 is 15.0 Å². The molecule has 0 spiro atoms. The lowest BCUT2D eigenvalue weighted by molar-refractivity contribution is -0.00835. The first-order valence-electron chi connectivity index (χ1n) is 9.98. The van der Waals surface area contributed by atoms with Gasteiger partial charge >= 0.3 is 0 Å². The molecule has 5 heteroatoms. The quantitative estimate of drug-likeness (QED) is 0.627. The fourth-order valence-corrected chi connectivity index (χ4v) is 3.88. The molecule has 1 N–H and O–H groups in total. The largest absolute Gasteiger partial charge is 0.370 e. The van der Waals surface area contributed by atoms with Crippen molar-refractivity contribution in [1.82, 2.24) is 15.1 Å². The first-order chi connectivity index (χ1) is 12.6. The molecule has 0 amide bonds. The minimum absolute atomic E-state index is 0.113. The van der Waals surface area contributed by atoms with E-state index in [4.69, 9.17) is 4.74 Å². The standard InChI is InChI=1S/C21H34N4O/c1-16(2)25(18-9-10-18)12-11-23-21(22-4)24-13-14-26-20(15-24)19-8-6-5-7-17(19)3/h5-8,16,18,20H,9-15H2,1-4H3,(H,22,23). The molecule has 1 aliphatic heterocycles. The number of benzene rings is 1. The van der Waals surface area contributed by atoms with E-state index in [2.05, 4.69) is 65.1 Å². The molecule has 3 rings (SSSR count). The first kappa shape index (κ1) is 19.2. The number of aryl methyl sites for hydroxylation is 1. The number of morpholine rings is 1. The summed E-state index contributed by atoms with van der Waals surface area (Å²) in [6, 6.07) is 9.92. The highest BCUT2D eigenvalue weighted by molar-refractivity contribution is 5.80. The molecule has 2 fully saturated rings. The van der Waals surface area contributed by atoms with Gasteiger partial charge in [0.1, 0.15) is 6.10 Å². The molecule has 1 aromatic carbocycles. The number of hydrogen-bond donors (Lipinski definition) is 1. The van der Waals surface area contributed by atoms with E-state index in [1.54, 1.807) is 0 Å². The van der Waals surface area contributed by atoms with Crippen LogP contribution in [0.4, 0.5) is 0 Å². The van der Waals surface area contributed by atoms with Gasteiger partial charge in [-0.15, -0.1) is 0 Å². The number of ether oxygens (including phenoxy) is 1. The van der Waals surface area contributed by atoms with Crippen LogP contribution < -0.4 is 5.32 Å². The Hall–Kier alpha value is -1.59. The predicted octanol–water partition coefficient (Wildman–Crippen LogP) is 2.82. The second-order valence-corrected chi connectivity index (χ2v) is 7.70. The summed E-state index contributed by atoms with van der Waals surface area (Å²) < 4.78 is 6.05. The van der Waals surface area contributed by atoms with Crippen molar-refractivity contribution in [2.45, 2.75) is 51.8 Å². The Morgan fingerprint density at radius 1 is 1.35 bits per heavy atom. The first-order valence-corrected chi connectivity index (χ1v) is 9.98. The molecule has 1 atom stereocenters. The zero-order valence-corrected chi connectivity index (χ0v) is 16.7. The lowest BCUT2D eigenvalue weighted by atomic mass is 10.0. The van der Waals surface area contributed by atoms with Crippen molar-refractivity contribution in [3.8, 4) is 0 Å². The summed E-state index contributed by atoms with van der Waals surface area (Å²) in [5.74, 6) is 0.992. The van der Waals surface area contributed by atoms with E-state index < -0.39 is 0 Å². The fraction of sp³-hybridized carbons (Fsp3) is 0.667. The van der Waals surface area contributed by atoms with E-state index in [0.717, 1.165) is 44.8 Å². The van der Waals surface area contributed by atoms with Crippen LogP contribution in [0.15, 0.2) is 29.3 Å². The molecule has 1 heterocycles. The van der Waals surface area contributed by atoms with Gasteiger partial charge in [-0.3, -0.25) is 9.89 Å². The van der Waals surface area contributed by atoms with Gasteiger partial charge in [0.05, 0.1) is 13.2 Å². The summed E-state index contributed by atoms with van der Waals surface area (Å²) >= 11 is 0. The molecule has 2 aliphatic rings. The number of rotatable bonds is 6. The SMILES string of the molecule is CN=C(NCCN(C(C)C)C1CC1)N1CCOC(c2ccccc2C)C1. The summed E-state index contributed by atoms with van der Waals surface area (Å²) in [5, 5.41) is 3.57. The van der Waals surface area contributed by atoms with Gasteiger partial charge in [0, 0.05) is 38.8 Å². The van der Waals surface area contributed by atoms with Crippen LogP contribution in [-0.2, 0) is 4.74 Å². The van der Waals surface area contributed by atoms with Crippen molar-refractivity contribution >= 4 is 5.96 Å². The summed E-state index contributed by atoms with van der Waals surface area (Å²) in [5.41, 5.74) is 2.58. The number of aliphatic imine (C=N–C) groups is 1. The molecule has 1 saturated carbocycles. The Kier molecular flexibility index (Phi) is 6.54. The van der Waals surface area contributed by atoms with Gasteiger partial charge in [0.2, 0.25) is 0 Å². The number of hydrogen-bond acceptors (Lipinski definition) is 3. The van der Waals surface area contributed by atoms with E-state index in [0.29, 0.717) is 6.04 Å². The van der Waals surface area contributed by atoms with Gasteiger partial charge in [0.25, 0.3) is 0 Å². The highest BCUT2D eigenvalue weighted by atomic mass is 16.5. The van der Waals surface area contributed by atoms with Crippen molar-refractivity contribution in [2.75, 3.05) is 39.8 Å². The topological polar surface area (TPSA) is 40.1 Å². The van der Waals surface area contributed by atoms with Crippen LogP contribution in [-0.4, -0.2) is 67.7 Å². The van der Waals surface area contributed by atoms with Crippen molar-refractivity contribution in [3.63, 3.8) is 0 Å². The number of nitrogens with zero attached hydrogens (tertiary/aromatic N) is 3. The third-order valence-corrected chi connectivity index (χ3v) is 5.45. The lowest BCUT2D eigenvalue weighted by Crippen LogP contribution is -2.50. The van der Waals surface area contributed by atoms with Crippen LogP contribution in [0.2, 0.25) is 0 Å². The minimum Gasteiger partial charge on any atom is -0.370 e. The summed E-state index contributed by atoms with van der Waals surface area (Å²) in [6.07, 6.45) is 2.82. The van der Waals surface area contributed by atoms with E-state index in [1.165, 1.54) is 24.0 Å². The smallest absolute Gasteiger partial charge is 0.193 e. The van der Waals surface area contributed by atoms with Crippen molar-refractivity contribution < 1.29 is 4.74 Å². The lowest BCUT2D eigenvalue weighted by Gasteiger charge is -2.36. The second-order valence-electron chi connectivity index (χ2n) is 7.70. The highest BCUT2D eigenvalue weighted by Crippen LogP contribution is 2.28. The maximum Gasteiger partial charge on any atom is 0.193 e. The van der Waals surface area contributed by atoms with E-state index in [1.807, 2.05) is 7.05 Å². The molecule has 5 nitrogen and oxygen atoms in total. The third-order valence-electron chi connectivity index (χ3n) is 5.45. The van der Waals surface area contributed by atoms with Gasteiger partial charge in [0.15, 0.2) is 5.96 Å². The molecular formula is C21H34N4O. The van der Waals surface area contributed by atoms with Crippen LogP contribution in [0, 0.1) is 6.92 Å². The maximum atomic E-state index is 6.05. The average Bonchev–Trinajstić information content (AvgIpc) is 3.47. The normalized spacial score (nSPS) is 21.5. The zero-order chi connectivity index (χ0) is 18.5. The molecule has 144 valence electrons. The van der Waals surface area contributed by atoms with Crippen LogP contribution >= 0.6 is 0 Å². The van der Waals surface area contributed by atoms with Crippen LogP contribution in [0.3, 0.4) is 0 Å². The van der Waals surface area contributed by atoms with Crippen LogP contribution in [0.25, 0.3) is 0 Å². The Morgan fingerprint density at radius 3 is 2.77 bits per heavy atom. The molecule has 26 heavy (non-hydrogen) atoms. The van der Waals surface area contributed by atoms with E-state index in [9.17, 15) is 0 Å². The molecule has 0 bridgehead atoms. The number of guanidine groups is 1. The zero-order valence-electron chi connectivity index (χ0n) is 16.7. The van der Waals surface area contributed by atoms with E-state index >= 15 is 0 Å². The van der Waals surface area contributed by atoms with Crippen molar-refractivity contribution in [1.29, 1.82) is 0 Å². The fourth-order valence-electron chi connectivity index (χ4n) is 3.88. The molecule has 1 saturated heterocycles. The Bertz CT molecular complexity index is 610. The number of nitrogens with one attached hydrogen (secondary N) is 1. The summed E-state index contributed by atoms with van der Waals surface area (Å²) in [7, 11) is 1.88. The molecule has 1 aliphatic carbocycles. The maximum absolute atomic E-state index is 6.05. The molecule has 1 unspecified atom stereocenters. The summed E-state index contributed by atoms with van der Waals surface area (Å²) in [6.45, 7) is 11.2. The van der Waals surface area contributed by atoms with Gasteiger partial charge in [-0.2, -0.15) is 0 Å². The van der Waals surface area contributed by atoms with Gasteiger partial charge in [-0.25, -0.2) is 0 Å². The molecule has 0 aromatic heterocycles. The summed E-state index contributed by atoms with van der Waals surface area (Å²) in [4.78, 5) is 9.46.